The zero-order valence-electron chi connectivity index (χ0n) is 14.6. The Morgan fingerprint density at radius 2 is 2.08 bits per heavy atom. The number of furan rings is 1. The van der Waals surface area contributed by atoms with Gasteiger partial charge in [-0.2, -0.15) is 0 Å². The Morgan fingerprint density at radius 3 is 2.85 bits per heavy atom. The van der Waals surface area contributed by atoms with E-state index in [1.165, 1.54) is 17.8 Å². The predicted octanol–water partition coefficient (Wildman–Crippen LogP) is 4.35. The Kier molecular flexibility index (Phi) is 4.71. The van der Waals surface area contributed by atoms with Crippen LogP contribution in [0.5, 0.6) is 0 Å². The first-order valence-electron chi connectivity index (χ1n) is 8.75. The van der Waals surface area contributed by atoms with Crippen LogP contribution in [0.25, 0.3) is 10.8 Å². The molecule has 26 heavy (non-hydrogen) atoms. The van der Waals surface area contributed by atoms with E-state index in [-0.39, 0.29) is 5.91 Å². The molecular formula is C19H20N4O2S. The smallest absolute Gasteiger partial charge is 0.275 e. The molecule has 1 aliphatic rings. The number of pyridine rings is 1. The van der Waals surface area contributed by atoms with Crippen molar-refractivity contribution in [3.05, 3.63) is 47.3 Å². The molecule has 0 radical (unpaired) electrons. The molecular weight excluding hydrogens is 348 g/mol. The predicted molar refractivity (Wildman–Crippen MR) is 103 cm³/mol. The van der Waals surface area contributed by atoms with Gasteiger partial charge in [0.05, 0.1) is 12.0 Å². The topological polar surface area (TPSA) is 71.3 Å². The summed E-state index contributed by atoms with van der Waals surface area (Å²) in [5.74, 6) is 1.29. The van der Waals surface area contributed by atoms with Crippen LogP contribution in [0.15, 0.2) is 41.1 Å². The van der Waals surface area contributed by atoms with Crippen LogP contribution < -0.4 is 10.2 Å². The molecule has 0 aromatic carbocycles. The molecule has 134 valence electrons. The van der Waals surface area contributed by atoms with Gasteiger partial charge in [-0.05, 0) is 50.5 Å². The number of thiazole rings is 1. The van der Waals surface area contributed by atoms with E-state index in [9.17, 15) is 4.79 Å². The first kappa shape index (κ1) is 16.8. The Hall–Kier alpha value is -2.67. The molecule has 1 N–H and O–H groups in total. The number of carbonyl (C=O) groups is 1. The zero-order chi connectivity index (χ0) is 17.9. The summed E-state index contributed by atoms with van der Waals surface area (Å²) in [6.45, 7) is 3.84. The Bertz CT molecular complexity index is 898. The fourth-order valence-corrected chi connectivity index (χ4v) is 4.03. The number of piperidine rings is 1. The van der Waals surface area contributed by atoms with E-state index in [2.05, 4.69) is 20.2 Å². The number of anilines is 2. The van der Waals surface area contributed by atoms with E-state index in [0.717, 1.165) is 42.3 Å². The van der Waals surface area contributed by atoms with Crippen molar-refractivity contribution in [1.82, 2.24) is 9.97 Å². The van der Waals surface area contributed by atoms with Crippen molar-refractivity contribution in [2.24, 2.45) is 0 Å². The van der Waals surface area contributed by atoms with Gasteiger partial charge in [0.15, 0.2) is 16.6 Å². The third kappa shape index (κ3) is 3.35. The summed E-state index contributed by atoms with van der Waals surface area (Å²) in [6.07, 6.45) is 6.93. The maximum absolute atomic E-state index is 12.8. The van der Waals surface area contributed by atoms with Gasteiger partial charge in [0.1, 0.15) is 5.69 Å². The lowest BCUT2D eigenvalue weighted by Crippen LogP contribution is -2.31. The summed E-state index contributed by atoms with van der Waals surface area (Å²) in [5, 5.41) is 3.70. The molecule has 0 aliphatic carbocycles. The molecule has 0 atom stereocenters. The third-order valence-electron chi connectivity index (χ3n) is 4.43. The second kappa shape index (κ2) is 7.29. The molecule has 1 aliphatic heterocycles. The van der Waals surface area contributed by atoms with Crippen molar-refractivity contribution >= 4 is 28.7 Å². The molecule has 0 unspecified atom stereocenters. The standard InChI is InChI=1S/C19H20N4O2S/c1-13-16(22-19(26-13)15-8-6-12-25-15)18(24)21-14-7-5-9-20-17(14)23-10-3-2-4-11-23/h5-9,12H,2-4,10-11H2,1H3,(H,21,24). The maximum atomic E-state index is 12.8. The average Bonchev–Trinajstić information content (AvgIpc) is 3.32. The van der Waals surface area contributed by atoms with E-state index in [1.54, 1.807) is 12.5 Å². The number of hydrogen-bond donors (Lipinski definition) is 1. The number of hydrogen-bond acceptors (Lipinski definition) is 6. The van der Waals surface area contributed by atoms with E-state index in [0.29, 0.717) is 16.5 Å². The lowest BCUT2D eigenvalue weighted by atomic mass is 10.1. The van der Waals surface area contributed by atoms with Gasteiger partial charge in [-0.15, -0.1) is 11.3 Å². The van der Waals surface area contributed by atoms with Crippen LogP contribution in [-0.2, 0) is 0 Å². The second-order valence-corrected chi connectivity index (χ2v) is 7.48. The van der Waals surface area contributed by atoms with Gasteiger partial charge >= 0.3 is 0 Å². The maximum Gasteiger partial charge on any atom is 0.275 e. The fraction of sp³-hybridized carbons (Fsp3) is 0.316. The van der Waals surface area contributed by atoms with E-state index >= 15 is 0 Å². The zero-order valence-corrected chi connectivity index (χ0v) is 15.4. The molecule has 4 heterocycles. The molecule has 3 aromatic rings. The van der Waals surface area contributed by atoms with Crippen LogP contribution in [0.2, 0.25) is 0 Å². The van der Waals surface area contributed by atoms with Gasteiger partial charge in [-0.25, -0.2) is 9.97 Å². The van der Waals surface area contributed by atoms with Crippen LogP contribution in [0.4, 0.5) is 11.5 Å². The first-order valence-corrected chi connectivity index (χ1v) is 9.56. The van der Waals surface area contributed by atoms with Crippen molar-refractivity contribution in [2.75, 3.05) is 23.3 Å². The summed E-state index contributed by atoms with van der Waals surface area (Å²) in [4.78, 5) is 24.9. The Labute approximate surface area is 155 Å². The average molecular weight is 368 g/mol. The summed E-state index contributed by atoms with van der Waals surface area (Å²) in [6, 6.07) is 7.39. The van der Waals surface area contributed by atoms with Crippen LogP contribution in [0, 0.1) is 6.92 Å². The summed E-state index contributed by atoms with van der Waals surface area (Å²) < 4.78 is 5.38. The minimum Gasteiger partial charge on any atom is -0.462 e. The normalized spacial score (nSPS) is 14.4. The minimum atomic E-state index is -0.220. The molecule has 0 bridgehead atoms. The summed E-state index contributed by atoms with van der Waals surface area (Å²) >= 11 is 1.45. The molecule has 1 saturated heterocycles. The summed E-state index contributed by atoms with van der Waals surface area (Å²) in [7, 11) is 0. The van der Waals surface area contributed by atoms with Crippen molar-refractivity contribution in [3.8, 4) is 10.8 Å². The molecule has 3 aromatic heterocycles. The van der Waals surface area contributed by atoms with Crippen LogP contribution >= 0.6 is 11.3 Å². The molecule has 0 saturated carbocycles. The Morgan fingerprint density at radius 1 is 1.23 bits per heavy atom. The molecule has 6 nitrogen and oxygen atoms in total. The van der Waals surface area contributed by atoms with Crippen LogP contribution in [-0.4, -0.2) is 29.0 Å². The van der Waals surface area contributed by atoms with E-state index < -0.39 is 0 Å². The number of aryl methyl sites for hydroxylation is 1. The largest absolute Gasteiger partial charge is 0.462 e. The number of carbonyl (C=O) groups excluding carboxylic acids is 1. The van der Waals surface area contributed by atoms with Gasteiger partial charge in [0.25, 0.3) is 5.91 Å². The number of amides is 1. The number of rotatable bonds is 4. The van der Waals surface area contributed by atoms with Crippen molar-refractivity contribution in [3.63, 3.8) is 0 Å². The third-order valence-corrected chi connectivity index (χ3v) is 5.42. The van der Waals surface area contributed by atoms with Crippen molar-refractivity contribution < 1.29 is 9.21 Å². The molecule has 1 fully saturated rings. The molecule has 7 heteroatoms. The first-order chi connectivity index (χ1) is 12.7. The lowest BCUT2D eigenvalue weighted by molar-refractivity contribution is 0.102. The van der Waals surface area contributed by atoms with Crippen LogP contribution in [0.3, 0.4) is 0 Å². The number of aromatic nitrogens is 2. The second-order valence-electron chi connectivity index (χ2n) is 6.28. The Balaban J connectivity index is 1.57. The summed E-state index contributed by atoms with van der Waals surface area (Å²) in [5.41, 5.74) is 1.15. The highest BCUT2D eigenvalue weighted by atomic mass is 32.1. The number of nitrogens with one attached hydrogen (secondary N) is 1. The van der Waals surface area contributed by atoms with Crippen molar-refractivity contribution in [1.29, 1.82) is 0 Å². The van der Waals surface area contributed by atoms with E-state index in [1.807, 2.05) is 31.2 Å². The molecule has 1 amide bonds. The van der Waals surface area contributed by atoms with Gasteiger partial charge in [-0.3, -0.25) is 4.79 Å². The van der Waals surface area contributed by atoms with Gasteiger partial charge in [0, 0.05) is 24.2 Å². The SMILES string of the molecule is Cc1sc(-c2ccco2)nc1C(=O)Nc1cccnc1N1CCCCC1. The number of nitrogens with zero attached hydrogens (tertiary/aromatic N) is 3. The highest BCUT2D eigenvalue weighted by Crippen LogP contribution is 2.30. The van der Waals surface area contributed by atoms with Gasteiger partial charge in [0.2, 0.25) is 0 Å². The van der Waals surface area contributed by atoms with Gasteiger partial charge in [-0.1, -0.05) is 0 Å². The lowest BCUT2D eigenvalue weighted by Gasteiger charge is -2.29. The minimum absolute atomic E-state index is 0.220. The molecule has 0 spiro atoms. The fourth-order valence-electron chi connectivity index (χ4n) is 3.15. The van der Waals surface area contributed by atoms with E-state index in [4.69, 9.17) is 4.42 Å². The monoisotopic (exact) mass is 368 g/mol. The van der Waals surface area contributed by atoms with Crippen LogP contribution in [0.1, 0.15) is 34.6 Å². The van der Waals surface area contributed by atoms with Gasteiger partial charge < -0.3 is 14.6 Å². The van der Waals surface area contributed by atoms with Crippen molar-refractivity contribution in [2.45, 2.75) is 26.2 Å². The quantitative estimate of drug-likeness (QED) is 0.741. The highest BCUT2D eigenvalue weighted by Gasteiger charge is 2.21. The molecule has 4 rings (SSSR count). The highest BCUT2D eigenvalue weighted by molar-refractivity contribution is 7.15.